The van der Waals surface area contributed by atoms with Crippen LogP contribution in [0.5, 0.6) is 0 Å². The van der Waals surface area contributed by atoms with Crippen molar-refractivity contribution in [2.45, 2.75) is 32.7 Å². The van der Waals surface area contributed by atoms with Gasteiger partial charge in [0.15, 0.2) is 5.78 Å². The Morgan fingerprint density at radius 1 is 1.50 bits per heavy atom. The molecule has 0 spiro atoms. The number of hydrogen-bond donors (Lipinski definition) is 1. The smallest absolute Gasteiger partial charge is 0.407 e. The highest BCUT2D eigenvalue weighted by Crippen LogP contribution is 1.96. The molecule has 72 valence electrons. The van der Waals surface area contributed by atoms with E-state index < -0.39 is 12.1 Å². The molecule has 1 amide bonds. The van der Waals surface area contributed by atoms with E-state index in [1.165, 1.54) is 7.11 Å². The number of Topliss-reactive ketones (excluding diaryl/α,β-unsaturated/α-hetero) is 1. The molecule has 0 saturated carbocycles. The molecule has 4 nitrogen and oxygen atoms in total. The molecule has 1 atom stereocenters. The fourth-order valence-corrected chi connectivity index (χ4v) is 0.858. The van der Waals surface area contributed by atoms with E-state index >= 15 is 0 Å². The minimum absolute atomic E-state index is 0. The van der Waals surface area contributed by atoms with Crippen LogP contribution in [0.25, 0.3) is 0 Å². The first-order chi connectivity index (χ1) is 5.65. The first-order valence-electron chi connectivity index (χ1n) is 4.02. The third-order valence-corrected chi connectivity index (χ3v) is 1.62. The van der Waals surface area contributed by atoms with Gasteiger partial charge in [-0.3, -0.25) is 4.79 Å². The number of ketones is 1. The molecule has 0 aromatic heterocycles. The van der Waals surface area contributed by atoms with Gasteiger partial charge in [-0.25, -0.2) is 4.79 Å². The van der Waals surface area contributed by atoms with Crippen LogP contribution in [0.15, 0.2) is 0 Å². The lowest BCUT2D eigenvalue weighted by Crippen LogP contribution is -2.39. The largest absolute Gasteiger partial charge is 0.453 e. The number of carbonyl (C=O) groups is 2. The van der Waals surface area contributed by atoms with Crippen LogP contribution in [-0.4, -0.2) is 25.0 Å². The molecule has 0 rings (SSSR count). The SMILES string of the molecule is CCC(=O)[C@H](CC)NC(=O)OC.[HH]. The highest BCUT2D eigenvalue weighted by molar-refractivity contribution is 5.86. The molecule has 0 saturated heterocycles. The van der Waals surface area contributed by atoms with E-state index in [9.17, 15) is 9.59 Å². The van der Waals surface area contributed by atoms with E-state index in [2.05, 4.69) is 10.1 Å². The standard InChI is InChI=1S/C8H15NO3.H2/c1-4-6(7(10)5-2)9-8(11)12-3;/h6H,4-5H2,1-3H3,(H,9,11);1H/t6-;/m0./s1. The maximum absolute atomic E-state index is 11.1. The highest BCUT2D eigenvalue weighted by Gasteiger charge is 2.16. The Bertz CT molecular complexity index is 173. The predicted molar refractivity (Wildman–Crippen MR) is 47.0 cm³/mol. The quantitative estimate of drug-likeness (QED) is 0.701. The number of rotatable bonds is 4. The highest BCUT2D eigenvalue weighted by atomic mass is 16.5. The summed E-state index contributed by atoms with van der Waals surface area (Å²) in [5.74, 6) is 0.0305. The van der Waals surface area contributed by atoms with Gasteiger partial charge in [-0.15, -0.1) is 0 Å². The number of nitrogens with one attached hydrogen (secondary N) is 1. The van der Waals surface area contributed by atoms with E-state index in [0.29, 0.717) is 12.8 Å². The fourth-order valence-electron chi connectivity index (χ4n) is 0.858. The van der Waals surface area contributed by atoms with Gasteiger partial charge in [0.1, 0.15) is 0 Å². The molecule has 0 aliphatic rings. The third-order valence-electron chi connectivity index (χ3n) is 1.62. The van der Waals surface area contributed by atoms with Crippen molar-refractivity contribution in [3.8, 4) is 0 Å². The van der Waals surface area contributed by atoms with Crippen molar-refractivity contribution in [3.63, 3.8) is 0 Å². The third kappa shape index (κ3) is 3.37. The zero-order chi connectivity index (χ0) is 9.56. The average Bonchev–Trinajstić information content (AvgIpc) is 2.12. The molecule has 0 aliphatic heterocycles. The Morgan fingerprint density at radius 2 is 2.08 bits per heavy atom. The van der Waals surface area contributed by atoms with Gasteiger partial charge in [-0.05, 0) is 6.42 Å². The van der Waals surface area contributed by atoms with Crippen LogP contribution in [0, 0.1) is 0 Å². The summed E-state index contributed by atoms with van der Waals surface area (Å²) < 4.78 is 4.37. The summed E-state index contributed by atoms with van der Waals surface area (Å²) in [7, 11) is 1.28. The molecule has 0 aliphatic carbocycles. The van der Waals surface area contributed by atoms with Gasteiger partial charge in [0.2, 0.25) is 0 Å². The van der Waals surface area contributed by atoms with Crippen molar-refractivity contribution < 1.29 is 15.8 Å². The summed E-state index contributed by atoms with van der Waals surface area (Å²) in [4.78, 5) is 21.8. The van der Waals surface area contributed by atoms with Gasteiger partial charge in [-0.1, -0.05) is 13.8 Å². The van der Waals surface area contributed by atoms with E-state index in [1.807, 2.05) is 6.92 Å². The number of ether oxygens (including phenoxy) is 1. The number of carbonyl (C=O) groups excluding carboxylic acids is 2. The maximum atomic E-state index is 11.1. The van der Waals surface area contributed by atoms with E-state index in [-0.39, 0.29) is 7.21 Å². The second-order valence-electron chi connectivity index (χ2n) is 2.42. The molecule has 4 heteroatoms. The van der Waals surface area contributed by atoms with Crippen molar-refractivity contribution >= 4 is 11.9 Å². The van der Waals surface area contributed by atoms with Gasteiger partial charge < -0.3 is 10.1 Å². The molecule has 0 unspecified atom stereocenters. The van der Waals surface area contributed by atoms with Gasteiger partial charge >= 0.3 is 6.09 Å². The Hall–Kier alpha value is -1.06. The number of methoxy groups -OCH3 is 1. The minimum atomic E-state index is -0.552. The maximum Gasteiger partial charge on any atom is 0.407 e. The summed E-state index contributed by atoms with van der Waals surface area (Å²) in [6, 6.07) is -0.401. The van der Waals surface area contributed by atoms with Gasteiger partial charge in [0.05, 0.1) is 13.2 Å². The van der Waals surface area contributed by atoms with E-state index in [1.54, 1.807) is 6.92 Å². The van der Waals surface area contributed by atoms with Gasteiger partial charge in [-0.2, -0.15) is 0 Å². The van der Waals surface area contributed by atoms with Crippen LogP contribution >= 0.6 is 0 Å². The van der Waals surface area contributed by atoms with Crippen LogP contribution in [0.4, 0.5) is 4.79 Å². The average molecular weight is 175 g/mol. The Balaban J connectivity index is 0. The molecule has 0 heterocycles. The number of hydrogen-bond acceptors (Lipinski definition) is 3. The summed E-state index contributed by atoms with van der Waals surface area (Å²) in [6.07, 6.45) is 0.480. The normalized spacial score (nSPS) is 11.9. The Kier molecular flexibility index (Phi) is 5.08. The zero-order valence-electron chi connectivity index (χ0n) is 7.72. The molecule has 12 heavy (non-hydrogen) atoms. The first-order valence-corrected chi connectivity index (χ1v) is 4.02. The van der Waals surface area contributed by atoms with Crippen molar-refractivity contribution in [3.05, 3.63) is 0 Å². The second-order valence-corrected chi connectivity index (χ2v) is 2.42. The monoisotopic (exact) mass is 175 g/mol. The molecule has 0 bridgehead atoms. The summed E-state index contributed by atoms with van der Waals surface area (Å²) in [5, 5.41) is 2.46. The fraction of sp³-hybridized carbons (Fsp3) is 0.750. The van der Waals surface area contributed by atoms with Crippen LogP contribution in [0.3, 0.4) is 0 Å². The van der Waals surface area contributed by atoms with Gasteiger partial charge in [0, 0.05) is 7.85 Å². The van der Waals surface area contributed by atoms with Gasteiger partial charge in [0.25, 0.3) is 0 Å². The lowest BCUT2D eigenvalue weighted by atomic mass is 10.1. The summed E-state index contributed by atoms with van der Waals surface area (Å²) in [5.41, 5.74) is 0. The number of amides is 1. The molecule has 0 fully saturated rings. The van der Waals surface area contributed by atoms with Crippen molar-refractivity contribution in [2.24, 2.45) is 0 Å². The molecular weight excluding hydrogens is 158 g/mol. The van der Waals surface area contributed by atoms with Crippen LogP contribution in [-0.2, 0) is 9.53 Å². The van der Waals surface area contributed by atoms with Crippen LogP contribution in [0.2, 0.25) is 0 Å². The number of alkyl carbamates (subject to hydrolysis) is 1. The molecule has 1 N–H and O–H groups in total. The second kappa shape index (κ2) is 5.57. The van der Waals surface area contributed by atoms with Crippen LogP contribution in [0.1, 0.15) is 28.1 Å². The molecular formula is C8H17NO3. The molecule has 0 aromatic rings. The van der Waals surface area contributed by atoms with E-state index in [4.69, 9.17) is 0 Å². The van der Waals surface area contributed by atoms with E-state index in [0.717, 1.165) is 0 Å². The lowest BCUT2D eigenvalue weighted by Gasteiger charge is -2.13. The summed E-state index contributed by atoms with van der Waals surface area (Å²) in [6.45, 7) is 3.61. The zero-order valence-corrected chi connectivity index (χ0v) is 7.72. The topological polar surface area (TPSA) is 55.4 Å². The van der Waals surface area contributed by atoms with Crippen molar-refractivity contribution in [2.75, 3.05) is 7.11 Å². The molecule has 0 radical (unpaired) electrons. The van der Waals surface area contributed by atoms with Crippen LogP contribution < -0.4 is 5.32 Å². The molecule has 0 aromatic carbocycles. The van der Waals surface area contributed by atoms with Crippen molar-refractivity contribution in [1.82, 2.24) is 5.32 Å². The lowest BCUT2D eigenvalue weighted by molar-refractivity contribution is -0.120. The first kappa shape index (κ1) is 10.9. The Morgan fingerprint density at radius 3 is 2.42 bits per heavy atom. The minimum Gasteiger partial charge on any atom is -0.453 e. The van der Waals surface area contributed by atoms with Crippen molar-refractivity contribution in [1.29, 1.82) is 0 Å². The predicted octanol–water partition coefficient (Wildman–Crippen LogP) is 1.35. The Labute approximate surface area is 73.8 Å². The summed E-state index contributed by atoms with van der Waals surface area (Å²) >= 11 is 0.